The van der Waals surface area contributed by atoms with E-state index < -0.39 is 17.4 Å². The summed E-state index contributed by atoms with van der Waals surface area (Å²) in [6.07, 6.45) is -4.56. The van der Waals surface area contributed by atoms with Gasteiger partial charge >= 0.3 is 6.18 Å². The minimum atomic E-state index is -4.56. The highest BCUT2D eigenvalue weighted by Gasteiger charge is 2.36. The second-order valence-electron chi connectivity index (χ2n) is 2.69. The van der Waals surface area contributed by atoms with Crippen LogP contribution in [0.3, 0.4) is 0 Å². The molecule has 0 atom stereocenters. The van der Waals surface area contributed by atoms with Crippen LogP contribution in [0.5, 0.6) is 5.75 Å². The van der Waals surface area contributed by atoms with Crippen LogP contribution in [0.4, 0.5) is 18.9 Å². The minimum absolute atomic E-state index is 0.129. The lowest BCUT2D eigenvalue weighted by atomic mass is 10.1. The van der Waals surface area contributed by atoms with Crippen molar-refractivity contribution in [1.82, 2.24) is 0 Å². The zero-order chi connectivity index (χ0) is 11.5. The fourth-order valence-electron chi connectivity index (χ4n) is 1.17. The van der Waals surface area contributed by atoms with Crippen LogP contribution in [0.1, 0.15) is 12.5 Å². The Balaban J connectivity index is 3.35. The van der Waals surface area contributed by atoms with Crippen molar-refractivity contribution in [1.29, 1.82) is 0 Å². The van der Waals surface area contributed by atoms with Gasteiger partial charge in [0.1, 0.15) is 11.3 Å². The summed E-state index contributed by atoms with van der Waals surface area (Å²) >= 11 is 0. The molecule has 1 rings (SSSR count). The minimum Gasteiger partial charge on any atom is -0.495 e. The first-order chi connectivity index (χ1) is 7.00. The summed E-state index contributed by atoms with van der Waals surface area (Å²) in [5.74, 6) is -0.293. The van der Waals surface area contributed by atoms with E-state index in [4.69, 9.17) is 11.3 Å². The Morgan fingerprint density at radius 2 is 2.07 bits per heavy atom. The predicted molar refractivity (Wildman–Crippen MR) is 48.9 cm³/mol. The third-order valence-corrected chi connectivity index (χ3v) is 1.71. The van der Waals surface area contributed by atoms with E-state index in [1.165, 1.54) is 12.1 Å². The van der Waals surface area contributed by atoms with E-state index in [1.54, 1.807) is 6.92 Å². The smallest absolute Gasteiger partial charge is 0.410 e. The third-order valence-electron chi connectivity index (χ3n) is 1.71. The fraction of sp³-hybridized carbons (Fsp3) is 0.300. The van der Waals surface area contributed by atoms with Crippen LogP contribution in [0.25, 0.3) is 4.85 Å². The lowest BCUT2D eigenvalue weighted by Crippen LogP contribution is -2.08. The summed E-state index contributed by atoms with van der Waals surface area (Å²) in [6, 6.07) is 3.70. The van der Waals surface area contributed by atoms with Gasteiger partial charge in [-0.3, -0.25) is 0 Å². The van der Waals surface area contributed by atoms with Crippen LogP contribution in [-0.2, 0) is 6.18 Å². The molecule has 0 radical (unpaired) electrons. The summed E-state index contributed by atoms with van der Waals surface area (Å²) in [4.78, 5) is 2.83. The van der Waals surface area contributed by atoms with Crippen molar-refractivity contribution in [3.63, 3.8) is 0 Å². The van der Waals surface area contributed by atoms with Gasteiger partial charge in [0.05, 0.1) is 13.2 Å². The average Bonchev–Trinajstić information content (AvgIpc) is 2.16. The molecule has 0 aromatic heterocycles. The molecule has 0 aliphatic rings. The van der Waals surface area contributed by atoms with E-state index in [0.29, 0.717) is 0 Å². The summed E-state index contributed by atoms with van der Waals surface area (Å²) in [5, 5.41) is 0. The van der Waals surface area contributed by atoms with Gasteiger partial charge in [0.25, 0.3) is 0 Å². The van der Waals surface area contributed by atoms with Gasteiger partial charge in [-0.25, -0.2) is 4.85 Å². The quantitative estimate of drug-likeness (QED) is 0.686. The molecule has 15 heavy (non-hydrogen) atoms. The Bertz CT molecular complexity index is 393. The van der Waals surface area contributed by atoms with Crippen molar-refractivity contribution < 1.29 is 17.9 Å². The van der Waals surface area contributed by atoms with Gasteiger partial charge in [-0.15, -0.1) is 0 Å². The number of nitrogens with zero attached hydrogens (tertiary/aromatic N) is 1. The monoisotopic (exact) mass is 215 g/mol. The van der Waals surface area contributed by atoms with E-state index in [-0.39, 0.29) is 12.4 Å². The van der Waals surface area contributed by atoms with Crippen molar-refractivity contribution in [2.75, 3.05) is 6.61 Å². The number of alkyl halides is 3. The highest BCUT2D eigenvalue weighted by atomic mass is 19.4. The SMILES string of the molecule is [C-]#[N+]c1cccc(OCC)c1C(F)(F)F. The molecule has 1 aromatic carbocycles. The largest absolute Gasteiger partial charge is 0.495 e. The van der Waals surface area contributed by atoms with E-state index in [2.05, 4.69) is 4.85 Å². The molecule has 0 N–H and O–H groups in total. The lowest BCUT2D eigenvalue weighted by Gasteiger charge is -2.14. The lowest BCUT2D eigenvalue weighted by molar-refractivity contribution is -0.138. The molecule has 0 bridgehead atoms. The summed E-state index contributed by atoms with van der Waals surface area (Å²) in [5.41, 5.74) is -1.43. The number of benzene rings is 1. The number of ether oxygens (including phenoxy) is 1. The molecule has 1 aromatic rings. The maximum absolute atomic E-state index is 12.6. The standard InChI is InChI=1S/C10H8F3NO/c1-3-15-8-6-4-5-7(14-2)9(8)10(11,12)13/h4-6H,3H2,1H3. The average molecular weight is 215 g/mol. The fourth-order valence-corrected chi connectivity index (χ4v) is 1.17. The number of hydrogen-bond acceptors (Lipinski definition) is 1. The second-order valence-corrected chi connectivity index (χ2v) is 2.69. The summed E-state index contributed by atoms with van der Waals surface area (Å²) < 4.78 is 42.6. The third kappa shape index (κ3) is 2.40. The van der Waals surface area contributed by atoms with Crippen molar-refractivity contribution in [2.45, 2.75) is 13.1 Å². The van der Waals surface area contributed by atoms with Crippen LogP contribution in [-0.4, -0.2) is 6.61 Å². The van der Waals surface area contributed by atoms with Crippen LogP contribution in [0.2, 0.25) is 0 Å². The van der Waals surface area contributed by atoms with Gasteiger partial charge in [0.2, 0.25) is 5.69 Å². The highest BCUT2D eigenvalue weighted by molar-refractivity contribution is 5.59. The van der Waals surface area contributed by atoms with Crippen LogP contribution in [0, 0.1) is 6.57 Å². The molecule has 0 heterocycles. The van der Waals surface area contributed by atoms with E-state index in [0.717, 1.165) is 6.07 Å². The molecule has 0 spiro atoms. The van der Waals surface area contributed by atoms with Gasteiger partial charge in [-0.2, -0.15) is 13.2 Å². The number of halogens is 3. The molecule has 0 aliphatic heterocycles. The molecule has 2 nitrogen and oxygen atoms in total. The molecule has 0 unspecified atom stereocenters. The number of rotatable bonds is 2. The Morgan fingerprint density at radius 3 is 2.53 bits per heavy atom. The van der Waals surface area contributed by atoms with Gasteiger partial charge in [-0.05, 0) is 13.0 Å². The van der Waals surface area contributed by atoms with E-state index >= 15 is 0 Å². The Kier molecular flexibility index (Phi) is 3.20. The maximum Gasteiger partial charge on any atom is 0.410 e. The van der Waals surface area contributed by atoms with Crippen LogP contribution < -0.4 is 4.74 Å². The van der Waals surface area contributed by atoms with Crippen LogP contribution in [0.15, 0.2) is 18.2 Å². The molecule has 0 amide bonds. The molecular weight excluding hydrogens is 207 g/mol. The van der Waals surface area contributed by atoms with Crippen molar-refractivity contribution in [3.8, 4) is 5.75 Å². The molecule has 0 fully saturated rings. The molecule has 5 heteroatoms. The van der Waals surface area contributed by atoms with Crippen molar-refractivity contribution in [2.24, 2.45) is 0 Å². The normalized spacial score (nSPS) is 10.9. The summed E-state index contributed by atoms with van der Waals surface area (Å²) in [7, 11) is 0. The Morgan fingerprint density at radius 1 is 1.40 bits per heavy atom. The Labute approximate surface area is 85.1 Å². The first kappa shape index (κ1) is 11.4. The molecule has 80 valence electrons. The Hall–Kier alpha value is -1.70. The molecular formula is C10H8F3NO. The van der Waals surface area contributed by atoms with Crippen LogP contribution >= 0.6 is 0 Å². The van der Waals surface area contributed by atoms with Gasteiger partial charge in [0, 0.05) is 0 Å². The second kappa shape index (κ2) is 4.22. The molecule has 0 saturated heterocycles. The van der Waals surface area contributed by atoms with E-state index in [9.17, 15) is 13.2 Å². The molecule has 0 saturated carbocycles. The van der Waals surface area contributed by atoms with Gasteiger partial charge < -0.3 is 4.74 Å². The maximum atomic E-state index is 12.6. The highest BCUT2D eigenvalue weighted by Crippen LogP contribution is 2.42. The zero-order valence-electron chi connectivity index (χ0n) is 7.93. The van der Waals surface area contributed by atoms with Gasteiger partial charge in [0.15, 0.2) is 0 Å². The zero-order valence-corrected chi connectivity index (χ0v) is 7.93. The van der Waals surface area contributed by atoms with Gasteiger partial charge in [-0.1, -0.05) is 12.1 Å². The first-order valence-corrected chi connectivity index (χ1v) is 4.21. The van der Waals surface area contributed by atoms with Crippen molar-refractivity contribution in [3.05, 3.63) is 35.2 Å². The summed E-state index contributed by atoms with van der Waals surface area (Å²) in [6.45, 7) is 8.38. The molecule has 0 aliphatic carbocycles. The predicted octanol–water partition coefficient (Wildman–Crippen LogP) is 3.65. The van der Waals surface area contributed by atoms with E-state index in [1.807, 2.05) is 0 Å². The topological polar surface area (TPSA) is 13.6 Å². The van der Waals surface area contributed by atoms with Crippen molar-refractivity contribution >= 4 is 5.69 Å². The number of hydrogen-bond donors (Lipinski definition) is 0. The first-order valence-electron chi connectivity index (χ1n) is 4.21.